The summed E-state index contributed by atoms with van der Waals surface area (Å²) in [5, 5.41) is 3.08. The number of hydrogen-bond donors (Lipinski definition) is 1. The molecule has 1 atom stereocenters. The minimum absolute atomic E-state index is 0.0253. The Morgan fingerprint density at radius 1 is 0.906 bits per heavy atom. The topological polar surface area (TPSA) is 50.8 Å². The van der Waals surface area contributed by atoms with Crippen LogP contribution < -0.4 is 14.8 Å². The molecule has 3 aromatic carbocycles. The number of nitrogens with one attached hydrogen (secondary N) is 1. The van der Waals surface area contributed by atoms with E-state index in [4.69, 9.17) is 9.47 Å². The number of rotatable bonds is 9. The lowest BCUT2D eigenvalue weighted by atomic mass is 10.0. The number of hydrogen-bond acceptors (Lipinski definition) is 4. The molecule has 1 aliphatic rings. The van der Waals surface area contributed by atoms with E-state index in [0.717, 1.165) is 35.5 Å². The Hall–Kier alpha value is -3.31. The number of likely N-dealkylation sites (tertiary alicyclic amines) is 1. The molecule has 1 heterocycles. The molecule has 1 unspecified atom stereocenters. The van der Waals surface area contributed by atoms with Crippen LogP contribution in [0.4, 0.5) is 0 Å². The molecule has 3 aromatic rings. The van der Waals surface area contributed by atoms with Crippen molar-refractivity contribution in [2.75, 3.05) is 33.4 Å². The Morgan fingerprint density at radius 2 is 1.56 bits per heavy atom. The first-order chi connectivity index (χ1) is 15.8. The van der Waals surface area contributed by atoms with Gasteiger partial charge in [-0.15, -0.1) is 0 Å². The molecular formula is C27H30N2O3. The monoisotopic (exact) mass is 430 g/mol. The molecule has 0 bridgehead atoms. The molecule has 5 nitrogen and oxygen atoms in total. The molecule has 0 radical (unpaired) electrons. The van der Waals surface area contributed by atoms with Gasteiger partial charge in [-0.05, 0) is 43.6 Å². The van der Waals surface area contributed by atoms with E-state index in [2.05, 4.69) is 16.3 Å². The molecule has 0 saturated carbocycles. The highest BCUT2D eigenvalue weighted by Gasteiger charge is 2.26. The first kappa shape index (κ1) is 21.9. The van der Waals surface area contributed by atoms with Gasteiger partial charge in [-0.2, -0.15) is 0 Å². The fraction of sp³-hybridized carbons (Fsp3) is 0.296. The van der Waals surface area contributed by atoms with E-state index < -0.39 is 0 Å². The van der Waals surface area contributed by atoms with Gasteiger partial charge in [0.05, 0.1) is 13.2 Å². The van der Waals surface area contributed by atoms with Crippen molar-refractivity contribution in [3.8, 4) is 22.6 Å². The number of ether oxygens (including phenoxy) is 2. The van der Waals surface area contributed by atoms with Gasteiger partial charge in [0.15, 0.2) is 6.61 Å². The highest BCUT2D eigenvalue weighted by atomic mass is 16.5. The number of carbonyl (C=O) groups is 1. The molecule has 1 N–H and O–H groups in total. The van der Waals surface area contributed by atoms with Crippen LogP contribution in [0.3, 0.4) is 0 Å². The first-order valence-electron chi connectivity index (χ1n) is 11.2. The summed E-state index contributed by atoms with van der Waals surface area (Å²) in [7, 11) is 1.69. The molecule has 5 heteroatoms. The van der Waals surface area contributed by atoms with Crippen molar-refractivity contribution >= 4 is 5.91 Å². The van der Waals surface area contributed by atoms with E-state index in [1.807, 2.05) is 72.8 Å². The number of amides is 1. The summed E-state index contributed by atoms with van der Waals surface area (Å²) >= 11 is 0. The van der Waals surface area contributed by atoms with Crippen molar-refractivity contribution in [2.45, 2.75) is 18.9 Å². The van der Waals surface area contributed by atoms with Gasteiger partial charge in [0.2, 0.25) is 0 Å². The predicted octanol–water partition coefficient (Wildman–Crippen LogP) is 4.69. The third kappa shape index (κ3) is 5.29. The van der Waals surface area contributed by atoms with Gasteiger partial charge in [0, 0.05) is 17.7 Å². The van der Waals surface area contributed by atoms with E-state index >= 15 is 0 Å². The Labute approximate surface area is 190 Å². The molecule has 1 amide bonds. The van der Waals surface area contributed by atoms with Gasteiger partial charge in [0.25, 0.3) is 5.91 Å². The molecule has 0 aliphatic carbocycles. The molecule has 1 fully saturated rings. The molecule has 0 spiro atoms. The Balaban J connectivity index is 1.41. The summed E-state index contributed by atoms with van der Waals surface area (Å²) in [4.78, 5) is 15.1. The minimum Gasteiger partial charge on any atom is -0.496 e. The first-order valence-corrected chi connectivity index (χ1v) is 11.2. The van der Waals surface area contributed by atoms with Gasteiger partial charge in [-0.25, -0.2) is 0 Å². The summed E-state index contributed by atoms with van der Waals surface area (Å²) in [6, 6.07) is 26.0. The lowest BCUT2D eigenvalue weighted by Gasteiger charge is -2.29. The number of para-hydroxylation sites is 2. The summed E-state index contributed by atoms with van der Waals surface area (Å²) in [5.74, 6) is 1.42. The van der Waals surface area contributed by atoms with Crippen LogP contribution in [0.1, 0.15) is 24.4 Å². The number of benzene rings is 3. The maximum Gasteiger partial charge on any atom is 0.258 e. The SMILES string of the molecule is COc1ccccc1C(CNC(=O)COc1ccccc1-c1ccccc1)N1CCCC1. The number of nitrogens with zero attached hydrogens (tertiary/aromatic N) is 1. The zero-order chi connectivity index (χ0) is 22.2. The maximum atomic E-state index is 12.7. The van der Waals surface area contributed by atoms with Gasteiger partial charge in [-0.3, -0.25) is 9.69 Å². The standard InChI is InChI=1S/C27H30N2O3/c1-31-25-15-7-6-14-23(25)24(29-17-9-10-18-29)19-28-27(30)20-32-26-16-8-5-13-22(26)21-11-3-2-4-12-21/h2-8,11-16,24H,9-10,17-20H2,1H3,(H,28,30). The molecule has 0 aromatic heterocycles. The Bertz CT molecular complexity index is 1020. The largest absolute Gasteiger partial charge is 0.496 e. The fourth-order valence-corrected chi connectivity index (χ4v) is 4.28. The maximum absolute atomic E-state index is 12.7. The van der Waals surface area contributed by atoms with Crippen molar-refractivity contribution in [1.82, 2.24) is 10.2 Å². The van der Waals surface area contributed by atoms with Crippen molar-refractivity contribution in [3.63, 3.8) is 0 Å². The lowest BCUT2D eigenvalue weighted by Crippen LogP contribution is -2.38. The van der Waals surface area contributed by atoms with Gasteiger partial charge >= 0.3 is 0 Å². The summed E-state index contributed by atoms with van der Waals surface area (Å²) in [5.41, 5.74) is 3.14. The summed E-state index contributed by atoms with van der Waals surface area (Å²) in [6.45, 7) is 2.55. The van der Waals surface area contributed by atoms with Crippen molar-refractivity contribution in [2.24, 2.45) is 0 Å². The second-order valence-corrected chi connectivity index (χ2v) is 7.96. The second-order valence-electron chi connectivity index (χ2n) is 7.96. The molecule has 32 heavy (non-hydrogen) atoms. The molecular weight excluding hydrogens is 400 g/mol. The van der Waals surface area contributed by atoms with Gasteiger partial charge < -0.3 is 14.8 Å². The average molecular weight is 431 g/mol. The quantitative estimate of drug-likeness (QED) is 0.535. The van der Waals surface area contributed by atoms with Crippen LogP contribution >= 0.6 is 0 Å². The molecule has 1 aliphatic heterocycles. The minimum atomic E-state index is -0.132. The molecule has 166 valence electrons. The third-order valence-electron chi connectivity index (χ3n) is 5.90. The van der Waals surface area contributed by atoms with E-state index in [1.54, 1.807) is 7.11 Å². The molecule has 1 saturated heterocycles. The Kier molecular flexibility index (Phi) is 7.41. The number of methoxy groups -OCH3 is 1. The Morgan fingerprint density at radius 3 is 2.31 bits per heavy atom. The van der Waals surface area contributed by atoms with Crippen LogP contribution in [0, 0.1) is 0 Å². The normalized spacial score (nSPS) is 14.7. The third-order valence-corrected chi connectivity index (χ3v) is 5.90. The van der Waals surface area contributed by atoms with E-state index in [0.29, 0.717) is 12.3 Å². The second kappa shape index (κ2) is 10.8. The van der Waals surface area contributed by atoms with Crippen LogP contribution in [0.15, 0.2) is 78.9 Å². The van der Waals surface area contributed by atoms with E-state index in [1.165, 1.54) is 12.8 Å². The van der Waals surface area contributed by atoms with Crippen LogP contribution in [-0.4, -0.2) is 44.2 Å². The van der Waals surface area contributed by atoms with Crippen LogP contribution in [0.2, 0.25) is 0 Å². The molecule has 4 rings (SSSR count). The van der Waals surface area contributed by atoms with Crippen LogP contribution in [-0.2, 0) is 4.79 Å². The van der Waals surface area contributed by atoms with Crippen LogP contribution in [0.25, 0.3) is 11.1 Å². The number of carbonyl (C=O) groups excluding carboxylic acids is 1. The van der Waals surface area contributed by atoms with Gasteiger partial charge in [0.1, 0.15) is 11.5 Å². The van der Waals surface area contributed by atoms with Crippen LogP contribution in [0.5, 0.6) is 11.5 Å². The summed E-state index contributed by atoms with van der Waals surface area (Å²) < 4.78 is 11.5. The zero-order valence-corrected chi connectivity index (χ0v) is 18.5. The van der Waals surface area contributed by atoms with E-state index in [-0.39, 0.29) is 18.6 Å². The predicted molar refractivity (Wildman–Crippen MR) is 127 cm³/mol. The zero-order valence-electron chi connectivity index (χ0n) is 18.5. The van der Waals surface area contributed by atoms with E-state index in [9.17, 15) is 4.79 Å². The van der Waals surface area contributed by atoms with Crippen molar-refractivity contribution in [1.29, 1.82) is 0 Å². The van der Waals surface area contributed by atoms with Crippen molar-refractivity contribution in [3.05, 3.63) is 84.4 Å². The fourth-order valence-electron chi connectivity index (χ4n) is 4.28. The smallest absolute Gasteiger partial charge is 0.258 e. The van der Waals surface area contributed by atoms with Gasteiger partial charge in [-0.1, -0.05) is 66.7 Å². The lowest BCUT2D eigenvalue weighted by molar-refractivity contribution is -0.123. The van der Waals surface area contributed by atoms with Crippen molar-refractivity contribution < 1.29 is 14.3 Å². The summed E-state index contributed by atoms with van der Waals surface area (Å²) in [6.07, 6.45) is 2.36. The average Bonchev–Trinajstić information content (AvgIpc) is 3.38. The highest BCUT2D eigenvalue weighted by Crippen LogP contribution is 2.31. The highest BCUT2D eigenvalue weighted by molar-refractivity contribution is 5.78.